The van der Waals surface area contributed by atoms with Gasteiger partial charge in [-0.1, -0.05) is 47.0 Å². The molecule has 0 N–H and O–H groups in total. The second-order valence-electron chi connectivity index (χ2n) is 5.63. The molecule has 3 atom stereocenters. The van der Waals surface area contributed by atoms with Crippen LogP contribution in [0.4, 0.5) is 0 Å². The number of hydrogen-bond acceptors (Lipinski definition) is 0. The van der Waals surface area contributed by atoms with E-state index in [-0.39, 0.29) is 0 Å². The summed E-state index contributed by atoms with van der Waals surface area (Å²) in [5.74, 6) is 3.87. The molecule has 3 unspecified atom stereocenters. The maximum absolute atomic E-state index is 2.46. The zero-order valence-electron chi connectivity index (χ0n) is 9.84. The molecule has 0 saturated heterocycles. The Hall–Kier alpha value is 0. The zero-order valence-corrected chi connectivity index (χ0v) is 9.84. The van der Waals surface area contributed by atoms with Crippen molar-refractivity contribution in [1.29, 1.82) is 0 Å². The lowest BCUT2D eigenvalue weighted by atomic mass is 9.83. The summed E-state index contributed by atoms with van der Waals surface area (Å²) in [6.45, 7) is 9.61. The highest BCUT2D eigenvalue weighted by Gasteiger charge is 2.22. The molecule has 0 amide bonds. The van der Waals surface area contributed by atoms with Crippen LogP contribution in [0, 0.1) is 23.7 Å². The first-order valence-corrected chi connectivity index (χ1v) is 6.09. The molecule has 1 saturated carbocycles. The van der Waals surface area contributed by atoms with Crippen LogP contribution in [0.2, 0.25) is 0 Å². The minimum atomic E-state index is 0.890. The maximum Gasteiger partial charge on any atom is -0.0386 e. The third-order valence-corrected chi connectivity index (χ3v) is 3.72. The van der Waals surface area contributed by atoms with Gasteiger partial charge in [0.05, 0.1) is 0 Å². The Morgan fingerprint density at radius 3 is 2.23 bits per heavy atom. The Balaban J connectivity index is 2.42. The Morgan fingerprint density at radius 1 is 1.00 bits per heavy atom. The van der Waals surface area contributed by atoms with Crippen LogP contribution in [-0.4, -0.2) is 0 Å². The van der Waals surface area contributed by atoms with E-state index in [1.54, 1.807) is 0 Å². The molecular formula is C13H26. The van der Waals surface area contributed by atoms with Gasteiger partial charge < -0.3 is 0 Å². The lowest BCUT2D eigenvalue weighted by Gasteiger charge is -2.22. The van der Waals surface area contributed by atoms with Crippen molar-refractivity contribution in [3.05, 3.63) is 0 Å². The molecule has 1 aliphatic carbocycles. The molecule has 1 aliphatic rings. The fourth-order valence-electron chi connectivity index (χ4n) is 2.67. The fraction of sp³-hybridized carbons (Fsp3) is 1.00. The van der Waals surface area contributed by atoms with E-state index < -0.39 is 0 Å². The van der Waals surface area contributed by atoms with Crippen molar-refractivity contribution in [2.45, 2.75) is 59.8 Å². The van der Waals surface area contributed by atoms with E-state index in [9.17, 15) is 0 Å². The second kappa shape index (κ2) is 5.02. The first-order valence-electron chi connectivity index (χ1n) is 6.09. The average molecular weight is 182 g/mol. The highest BCUT2D eigenvalue weighted by atomic mass is 14.3. The molecule has 0 aromatic carbocycles. The van der Waals surface area contributed by atoms with Crippen molar-refractivity contribution < 1.29 is 0 Å². The lowest BCUT2D eigenvalue weighted by molar-refractivity contribution is 0.283. The van der Waals surface area contributed by atoms with Gasteiger partial charge in [0.1, 0.15) is 0 Å². The molecule has 13 heavy (non-hydrogen) atoms. The normalized spacial score (nSPS) is 36.2. The molecule has 0 bridgehead atoms. The lowest BCUT2D eigenvalue weighted by Crippen LogP contribution is -2.12. The van der Waals surface area contributed by atoms with Gasteiger partial charge in [-0.15, -0.1) is 0 Å². The highest BCUT2D eigenvalue weighted by molar-refractivity contribution is 4.74. The highest BCUT2D eigenvalue weighted by Crippen LogP contribution is 2.34. The van der Waals surface area contributed by atoms with Gasteiger partial charge in [0, 0.05) is 0 Å². The topological polar surface area (TPSA) is 0 Å². The molecule has 0 aromatic rings. The van der Waals surface area contributed by atoms with Crippen LogP contribution in [0.15, 0.2) is 0 Å². The Morgan fingerprint density at radius 2 is 1.62 bits per heavy atom. The van der Waals surface area contributed by atoms with Gasteiger partial charge in [0.2, 0.25) is 0 Å². The maximum atomic E-state index is 2.46. The summed E-state index contributed by atoms with van der Waals surface area (Å²) in [6.07, 6.45) is 7.35. The first kappa shape index (κ1) is 11.1. The molecule has 0 nitrogen and oxygen atoms in total. The smallest absolute Gasteiger partial charge is 0.0386 e. The standard InChI is InChI=1S/C13H26/c1-10(2)9-13-8-6-11(3)5-7-12(13)4/h10-13H,5-9H2,1-4H3. The summed E-state index contributed by atoms with van der Waals surface area (Å²) in [5.41, 5.74) is 0. The van der Waals surface area contributed by atoms with Crippen LogP contribution in [0.25, 0.3) is 0 Å². The van der Waals surface area contributed by atoms with E-state index in [1.807, 2.05) is 0 Å². The van der Waals surface area contributed by atoms with Gasteiger partial charge in [-0.2, -0.15) is 0 Å². The van der Waals surface area contributed by atoms with Gasteiger partial charge in [-0.05, 0) is 36.5 Å². The summed E-state index contributed by atoms with van der Waals surface area (Å²) in [7, 11) is 0. The molecule has 78 valence electrons. The third-order valence-electron chi connectivity index (χ3n) is 3.72. The predicted molar refractivity (Wildman–Crippen MR) is 59.7 cm³/mol. The van der Waals surface area contributed by atoms with E-state index in [4.69, 9.17) is 0 Å². The SMILES string of the molecule is CC(C)CC1CCC(C)CCC1C. The summed E-state index contributed by atoms with van der Waals surface area (Å²) in [5, 5.41) is 0. The first-order chi connectivity index (χ1) is 6.09. The van der Waals surface area contributed by atoms with Crippen molar-refractivity contribution in [3.63, 3.8) is 0 Å². The molecular weight excluding hydrogens is 156 g/mol. The van der Waals surface area contributed by atoms with E-state index in [0.29, 0.717) is 0 Å². The van der Waals surface area contributed by atoms with Gasteiger partial charge in [-0.3, -0.25) is 0 Å². The van der Waals surface area contributed by atoms with Crippen LogP contribution in [0.3, 0.4) is 0 Å². The Labute approximate surface area is 84.1 Å². The Kier molecular flexibility index (Phi) is 4.28. The van der Waals surface area contributed by atoms with Crippen LogP contribution >= 0.6 is 0 Å². The third kappa shape index (κ3) is 3.70. The second-order valence-corrected chi connectivity index (χ2v) is 5.63. The molecule has 0 spiro atoms. The molecule has 1 rings (SSSR count). The van der Waals surface area contributed by atoms with Crippen molar-refractivity contribution in [1.82, 2.24) is 0 Å². The van der Waals surface area contributed by atoms with Crippen LogP contribution in [0.5, 0.6) is 0 Å². The monoisotopic (exact) mass is 182 g/mol. The fourth-order valence-corrected chi connectivity index (χ4v) is 2.67. The molecule has 0 aliphatic heterocycles. The van der Waals surface area contributed by atoms with Crippen molar-refractivity contribution in [2.75, 3.05) is 0 Å². The largest absolute Gasteiger partial charge is 0.0628 e. The van der Waals surface area contributed by atoms with Gasteiger partial charge in [0.25, 0.3) is 0 Å². The van der Waals surface area contributed by atoms with E-state index in [1.165, 1.54) is 32.1 Å². The molecule has 0 heterocycles. The molecule has 0 heteroatoms. The molecule has 1 fully saturated rings. The summed E-state index contributed by atoms with van der Waals surface area (Å²) in [4.78, 5) is 0. The molecule has 0 radical (unpaired) electrons. The summed E-state index contributed by atoms with van der Waals surface area (Å²) in [6, 6.07) is 0. The van der Waals surface area contributed by atoms with Gasteiger partial charge >= 0.3 is 0 Å². The van der Waals surface area contributed by atoms with Crippen molar-refractivity contribution in [3.8, 4) is 0 Å². The minimum Gasteiger partial charge on any atom is -0.0628 e. The van der Waals surface area contributed by atoms with Crippen LogP contribution < -0.4 is 0 Å². The summed E-state index contributed by atoms with van der Waals surface area (Å²) >= 11 is 0. The van der Waals surface area contributed by atoms with Crippen molar-refractivity contribution >= 4 is 0 Å². The van der Waals surface area contributed by atoms with E-state index in [2.05, 4.69) is 27.7 Å². The molecule has 0 aromatic heterocycles. The summed E-state index contributed by atoms with van der Waals surface area (Å²) < 4.78 is 0. The van der Waals surface area contributed by atoms with Gasteiger partial charge in [-0.25, -0.2) is 0 Å². The van der Waals surface area contributed by atoms with E-state index in [0.717, 1.165) is 23.7 Å². The number of rotatable bonds is 2. The average Bonchev–Trinajstić information content (AvgIpc) is 2.19. The Bertz CT molecular complexity index is 137. The van der Waals surface area contributed by atoms with E-state index >= 15 is 0 Å². The number of hydrogen-bond donors (Lipinski definition) is 0. The van der Waals surface area contributed by atoms with Crippen LogP contribution in [0.1, 0.15) is 59.8 Å². The quantitative estimate of drug-likeness (QED) is 0.552. The van der Waals surface area contributed by atoms with Crippen LogP contribution in [-0.2, 0) is 0 Å². The zero-order chi connectivity index (χ0) is 9.84. The van der Waals surface area contributed by atoms with Gasteiger partial charge in [0.15, 0.2) is 0 Å². The van der Waals surface area contributed by atoms with Crippen molar-refractivity contribution in [2.24, 2.45) is 23.7 Å². The predicted octanol–water partition coefficient (Wildman–Crippen LogP) is 4.49. The minimum absolute atomic E-state index is 0.890.